The number of carbonyl (C=O) groups excluding carboxylic acids is 2. The Balaban J connectivity index is 0.000000239. The predicted octanol–water partition coefficient (Wildman–Crippen LogP) is 8.78. The molecular weight excluding hydrogens is 851 g/mol. The first-order valence-electron chi connectivity index (χ1n) is 20.3. The molecule has 0 saturated heterocycles. The minimum Gasteiger partial charge on any atom is -0.490 e. The Morgan fingerprint density at radius 2 is 1.21 bits per heavy atom. The summed E-state index contributed by atoms with van der Waals surface area (Å²) in [7, 11) is 0. The number of aromatic nitrogens is 4. The van der Waals surface area contributed by atoms with E-state index < -0.39 is 35.5 Å². The van der Waals surface area contributed by atoms with Crippen molar-refractivity contribution in [2.24, 2.45) is 0 Å². The predicted molar refractivity (Wildman–Crippen MR) is 241 cm³/mol. The highest BCUT2D eigenvalue weighted by molar-refractivity contribution is 7.19. The molecule has 0 saturated carbocycles. The van der Waals surface area contributed by atoms with Crippen molar-refractivity contribution in [2.75, 3.05) is 36.1 Å². The molecule has 2 heterocycles. The molecule has 63 heavy (non-hydrogen) atoms. The molecule has 4 aromatic carbocycles. The van der Waals surface area contributed by atoms with Crippen molar-refractivity contribution >= 4 is 50.7 Å². The lowest BCUT2D eigenvalue weighted by Crippen LogP contribution is -2.32. The van der Waals surface area contributed by atoms with Crippen LogP contribution in [0.15, 0.2) is 72.8 Å². The molecule has 2 aromatic heterocycles. The number of carboxylic acids is 1. The number of hydrogen-bond donors (Lipinski definition) is 3. The fourth-order valence-corrected chi connectivity index (χ4v) is 8.44. The van der Waals surface area contributed by atoms with Gasteiger partial charge in [0.15, 0.2) is 0 Å². The van der Waals surface area contributed by atoms with Crippen LogP contribution in [-0.4, -0.2) is 85.9 Å². The molecule has 2 amide bonds. The van der Waals surface area contributed by atoms with Crippen LogP contribution in [0.3, 0.4) is 0 Å². The van der Waals surface area contributed by atoms with Gasteiger partial charge in [0, 0.05) is 30.6 Å². The quantitative estimate of drug-likeness (QED) is 0.0797. The molecule has 0 spiro atoms. The van der Waals surface area contributed by atoms with Crippen molar-refractivity contribution in [1.29, 1.82) is 0 Å². The van der Waals surface area contributed by atoms with Crippen LogP contribution in [0.2, 0.25) is 0 Å². The number of rotatable bonds is 17. The normalized spacial score (nSPS) is 11.4. The lowest BCUT2D eigenvalue weighted by atomic mass is 9.96. The molecule has 6 aromatic rings. The topological polar surface area (TPSA) is 179 Å². The van der Waals surface area contributed by atoms with Gasteiger partial charge in [-0.15, -0.1) is 20.4 Å². The summed E-state index contributed by atoms with van der Waals surface area (Å²) in [4.78, 5) is 39.7. The molecule has 0 aliphatic rings. The van der Waals surface area contributed by atoms with Crippen LogP contribution >= 0.6 is 22.7 Å². The molecule has 1 atom stereocenters. The monoisotopic (exact) mass is 900 g/mol. The summed E-state index contributed by atoms with van der Waals surface area (Å²) in [5.74, 6) is -2.24. The van der Waals surface area contributed by atoms with Crippen LogP contribution in [-0.2, 0) is 11.2 Å². The number of aryl methyl sites for hydroxylation is 4. The second-order valence-electron chi connectivity index (χ2n) is 14.7. The van der Waals surface area contributed by atoms with E-state index >= 15 is 0 Å². The number of carbonyl (C=O) groups is 3. The van der Waals surface area contributed by atoms with Crippen molar-refractivity contribution < 1.29 is 43.2 Å². The first-order chi connectivity index (χ1) is 30.2. The number of hydrogen-bond acceptors (Lipinski definition) is 12. The third kappa shape index (κ3) is 12.1. The Bertz CT molecular complexity index is 2500. The van der Waals surface area contributed by atoms with Crippen LogP contribution in [0, 0.1) is 39.3 Å². The van der Waals surface area contributed by atoms with Crippen LogP contribution in [0.25, 0.3) is 21.1 Å². The van der Waals surface area contributed by atoms with Gasteiger partial charge < -0.3 is 20.1 Å². The maximum atomic E-state index is 14.2. The standard InChI is InChI=1S/C24H28FN3O4S.C22H22FN3O3S/c1-4-5-10-28(23(31)19-8-6-7-9-20(19)25)24-27-26-22(33-24)17-11-15(2)21(16(3)12-17)32-14-18(30)13-29;1-4-26(21(29)17-7-5-6-8-18(17)23)22-25-24-20(30-22)15-11-13(2)16(14(3)12-15)9-10-19(27)28/h6-9,11-12,18,29-30H,4-5,10,13-14H2,1-3H3;5-8,11-12H,4,9-10H2,1-3H3,(H,27,28)/t18-;/m0./s1. The van der Waals surface area contributed by atoms with Crippen molar-refractivity contribution in [1.82, 2.24) is 20.4 Å². The Morgan fingerprint density at radius 3 is 1.67 bits per heavy atom. The number of ether oxygens (including phenoxy) is 1. The van der Waals surface area contributed by atoms with Crippen molar-refractivity contribution in [3.8, 4) is 26.9 Å². The van der Waals surface area contributed by atoms with Crippen molar-refractivity contribution in [3.05, 3.63) is 123 Å². The Hall–Kier alpha value is -6.01. The van der Waals surface area contributed by atoms with Gasteiger partial charge in [-0.05, 0) is 124 Å². The lowest BCUT2D eigenvalue weighted by molar-refractivity contribution is -0.136. The van der Waals surface area contributed by atoms with E-state index in [2.05, 4.69) is 20.4 Å². The average molecular weight is 901 g/mol. The van der Waals surface area contributed by atoms with Gasteiger partial charge >= 0.3 is 5.97 Å². The van der Waals surface area contributed by atoms with E-state index in [4.69, 9.17) is 14.9 Å². The number of aliphatic hydroxyl groups excluding tert-OH is 2. The molecule has 0 aliphatic carbocycles. The summed E-state index contributed by atoms with van der Waals surface area (Å²) in [6.07, 6.45) is 1.22. The zero-order valence-corrected chi connectivity index (χ0v) is 37.5. The second kappa shape index (κ2) is 22.4. The second-order valence-corrected chi connectivity index (χ2v) is 16.6. The maximum absolute atomic E-state index is 14.2. The maximum Gasteiger partial charge on any atom is 0.303 e. The summed E-state index contributed by atoms with van der Waals surface area (Å²) < 4.78 is 34.0. The van der Waals surface area contributed by atoms with Gasteiger partial charge in [0.05, 0.1) is 17.7 Å². The molecule has 6 rings (SSSR count). The molecule has 0 radical (unpaired) electrons. The van der Waals surface area contributed by atoms with Crippen molar-refractivity contribution in [2.45, 2.75) is 73.3 Å². The molecule has 3 N–H and O–H groups in total. The highest BCUT2D eigenvalue weighted by atomic mass is 32.1. The number of anilines is 2. The van der Waals surface area contributed by atoms with Crippen molar-refractivity contribution in [3.63, 3.8) is 0 Å². The Kier molecular flexibility index (Phi) is 17.1. The van der Waals surface area contributed by atoms with Gasteiger partial charge in [0.1, 0.15) is 40.1 Å². The van der Waals surface area contributed by atoms with E-state index in [0.717, 1.165) is 51.8 Å². The highest BCUT2D eigenvalue weighted by Crippen LogP contribution is 2.35. The number of aliphatic hydroxyl groups is 2. The number of benzene rings is 4. The molecule has 0 aliphatic heterocycles. The molecule has 0 fully saturated rings. The number of aliphatic carboxylic acids is 1. The fraction of sp³-hybridized carbons (Fsp3) is 0.326. The van der Waals surface area contributed by atoms with E-state index in [1.165, 1.54) is 62.8 Å². The summed E-state index contributed by atoms with van der Waals surface area (Å²) in [6, 6.07) is 19.5. The molecule has 13 nitrogen and oxygen atoms in total. The first kappa shape index (κ1) is 48.0. The lowest BCUT2D eigenvalue weighted by Gasteiger charge is -2.19. The van der Waals surface area contributed by atoms with Gasteiger partial charge in [0.2, 0.25) is 10.3 Å². The summed E-state index contributed by atoms with van der Waals surface area (Å²) in [6.45, 7) is 11.8. The Morgan fingerprint density at radius 1 is 0.730 bits per heavy atom. The van der Waals surface area contributed by atoms with E-state index in [9.17, 15) is 28.3 Å². The first-order valence-corrected chi connectivity index (χ1v) is 22.0. The zero-order chi connectivity index (χ0) is 45.8. The Labute approximate surface area is 372 Å². The number of amides is 2. The third-order valence-electron chi connectivity index (χ3n) is 9.91. The number of carboxylic acid groups (broad SMARTS) is 1. The largest absolute Gasteiger partial charge is 0.490 e. The smallest absolute Gasteiger partial charge is 0.303 e. The molecular formula is C46H50F2N6O7S2. The van der Waals surface area contributed by atoms with Crippen LogP contribution in [0.5, 0.6) is 5.75 Å². The average Bonchev–Trinajstić information content (AvgIpc) is 3.95. The fourth-order valence-electron chi connectivity index (χ4n) is 6.69. The SMILES string of the molecule is CCCCN(C(=O)c1ccccc1F)c1nnc(-c2cc(C)c(OC[C@@H](O)CO)c(C)c2)s1.CCN(C(=O)c1ccccc1F)c1nnc(-c2cc(C)c(CCC(=O)O)c(C)c2)s1. The molecule has 17 heteroatoms. The number of unbranched alkanes of at least 4 members (excludes halogenated alkanes) is 1. The van der Waals surface area contributed by atoms with Gasteiger partial charge in [-0.2, -0.15) is 0 Å². The van der Waals surface area contributed by atoms with E-state index in [0.29, 0.717) is 45.5 Å². The van der Waals surface area contributed by atoms with E-state index in [1.807, 2.05) is 58.9 Å². The highest BCUT2D eigenvalue weighted by Gasteiger charge is 2.25. The van der Waals surface area contributed by atoms with Crippen LogP contribution < -0.4 is 14.5 Å². The molecule has 332 valence electrons. The van der Waals surface area contributed by atoms with Gasteiger partial charge in [-0.25, -0.2) is 8.78 Å². The zero-order valence-electron chi connectivity index (χ0n) is 35.9. The third-order valence-corrected chi connectivity index (χ3v) is 11.9. The van der Waals surface area contributed by atoms with Crippen LogP contribution in [0.1, 0.15) is 81.6 Å². The minimum absolute atomic E-state index is 0.00334. The molecule has 0 unspecified atom stereocenters. The summed E-state index contributed by atoms with van der Waals surface area (Å²) >= 11 is 2.52. The summed E-state index contributed by atoms with van der Waals surface area (Å²) in [5.41, 5.74) is 6.33. The number of nitrogens with zero attached hydrogens (tertiary/aromatic N) is 6. The van der Waals surface area contributed by atoms with Gasteiger partial charge in [-0.1, -0.05) is 60.3 Å². The van der Waals surface area contributed by atoms with Gasteiger partial charge in [0.25, 0.3) is 11.8 Å². The summed E-state index contributed by atoms with van der Waals surface area (Å²) in [5, 5.41) is 46.4. The van der Waals surface area contributed by atoms with Gasteiger partial charge in [-0.3, -0.25) is 24.2 Å². The van der Waals surface area contributed by atoms with E-state index in [1.54, 1.807) is 25.1 Å². The van der Waals surface area contributed by atoms with Crippen LogP contribution in [0.4, 0.5) is 19.0 Å². The minimum atomic E-state index is -0.949. The number of halogens is 2. The van der Waals surface area contributed by atoms with E-state index in [-0.39, 0.29) is 30.8 Å². The molecule has 0 bridgehead atoms.